The second-order valence-electron chi connectivity index (χ2n) is 7.77. The van der Waals surface area contributed by atoms with Crippen LogP contribution in [0, 0.1) is 6.92 Å². The zero-order valence-electron chi connectivity index (χ0n) is 15.4. The molecular weight excluding hydrogens is 426 g/mol. The molecule has 8 heteroatoms. The number of oxazole rings is 1. The van der Waals surface area contributed by atoms with E-state index in [1.807, 2.05) is 23.6 Å². The van der Waals surface area contributed by atoms with Gasteiger partial charge in [-0.25, -0.2) is 9.78 Å². The number of halogens is 1. The molecule has 1 N–H and O–H groups in total. The van der Waals surface area contributed by atoms with Gasteiger partial charge in [0.2, 0.25) is 5.89 Å². The summed E-state index contributed by atoms with van der Waals surface area (Å²) in [5.41, 5.74) is 2.65. The molecular formula is C20H20BrN3O4. The summed E-state index contributed by atoms with van der Waals surface area (Å²) in [4.78, 5) is 30.6. The lowest BCUT2D eigenvalue weighted by molar-refractivity contribution is 0.127. The highest BCUT2D eigenvalue weighted by molar-refractivity contribution is 9.10. The topological polar surface area (TPSA) is 88.6 Å². The Balaban J connectivity index is 1.73. The Kier molecular flexibility index (Phi) is 4.01. The third-order valence-corrected chi connectivity index (χ3v) is 6.73. The quantitative estimate of drug-likeness (QED) is 0.630. The minimum absolute atomic E-state index is 0.118. The Morgan fingerprint density at radius 3 is 2.82 bits per heavy atom. The predicted octanol–water partition coefficient (Wildman–Crippen LogP) is 4.41. The fourth-order valence-corrected chi connectivity index (χ4v) is 4.58. The first-order chi connectivity index (χ1) is 13.5. The Labute approximate surface area is 169 Å². The van der Waals surface area contributed by atoms with Crippen molar-refractivity contribution in [3.63, 3.8) is 0 Å². The van der Waals surface area contributed by atoms with E-state index in [4.69, 9.17) is 4.42 Å². The van der Waals surface area contributed by atoms with Gasteiger partial charge in [-0.05, 0) is 50.3 Å². The molecule has 1 aliphatic heterocycles. The number of hydrogen-bond donors (Lipinski definition) is 1. The summed E-state index contributed by atoms with van der Waals surface area (Å²) < 4.78 is 8.95. The molecule has 146 valence electrons. The van der Waals surface area contributed by atoms with Crippen LogP contribution in [0.5, 0.6) is 0 Å². The first kappa shape index (κ1) is 17.7. The largest absolute Gasteiger partial charge is 0.465 e. The van der Waals surface area contributed by atoms with E-state index >= 15 is 0 Å². The summed E-state index contributed by atoms with van der Waals surface area (Å²) in [6.07, 6.45) is 2.62. The van der Waals surface area contributed by atoms with Gasteiger partial charge in [0, 0.05) is 29.0 Å². The maximum atomic E-state index is 13.3. The van der Waals surface area contributed by atoms with Crippen LogP contribution in [0.25, 0.3) is 22.0 Å². The zero-order chi connectivity index (χ0) is 19.6. The van der Waals surface area contributed by atoms with Crippen molar-refractivity contribution in [2.75, 3.05) is 13.1 Å². The number of nitrogens with zero attached hydrogens (tertiary/aromatic N) is 3. The third kappa shape index (κ3) is 2.65. The molecule has 1 aliphatic carbocycles. The number of rotatable bonds is 2. The average molecular weight is 446 g/mol. The molecule has 1 saturated heterocycles. The van der Waals surface area contributed by atoms with Crippen molar-refractivity contribution in [3.8, 4) is 0 Å². The van der Waals surface area contributed by atoms with Crippen LogP contribution in [0.1, 0.15) is 49.1 Å². The number of likely N-dealkylation sites (tertiary alicyclic amines) is 1. The Morgan fingerprint density at radius 1 is 1.32 bits per heavy atom. The smallest absolute Gasteiger partial charge is 0.407 e. The number of benzene rings is 1. The molecule has 0 radical (unpaired) electrons. The summed E-state index contributed by atoms with van der Waals surface area (Å²) in [6.45, 7) is 2.87. The van der Waals surface area contributed by atoms with Crippen LogP contribution in [0.3, 0.4) is 0 Å². The molecule has 7 nitrogen and oxygen atoms in total. The molecule has 2 fully saturated rings. The van der Waals surface area contributed by atoms with E-state index in [9.17, 15) is 14.7 Å². The monoisotopic (exact) mass is 445 g/mol. The van der Waals surface area contributed by atoms with Crippen LogP contribution < -0.4 is 5.56 Å². The Bertz CT molecular complexity index is 1180. The number of hydrogen-bond acceptors (Lipinski definition) is 4. The predicted molar refractivity (Wildman–Crippen MR) is 108 cm³/mol. The van der Waals surface area contributed by atoms with Gasteiger partial charge in [0.25, 0.3) is 5.56 Å². The summed E-state index contributed by atoms with van der Waals surface area (Å²) >= 11 is 3.57. The van der Waals surface area contributed by atoms with Gasteiger partial charge in [0.15, 0.2) is 11.1 Å². The Hall–Kier alpha value is -2.35. The maximum Gasteiger partial charge on any atom is 0.407 e. The van der Waals surface area contributed by atoms with Crippen molar-refractivity contribution in [1.29, 1.82) is 0 Å². The minimum Gasteiger partial charge on any atom is -0.465 e. The van der Waals surface area contributed by atoms with Gasteiger partial charge in [-0.1, -0.05) is 15.9 Å². The van der Waals surface area contributed by atoms with E-state index in [1.165, 1.54) is 4.90 Å². The summed E-state index contributed by atoms with van der Waals surface area (Å²) in [6, 6.07) is 4.14. The van der Waals surface area contributed by atoms with Crippen LogP contribution in [-0.2, 0) is 0 Å². The van der Waals surface area contributed by atoms with E-state index < -0.39 is 6.09 Å². The van der Waals surface area contributed by atoms with E-state index in [2.05, 4.69) is 20.9 Å². The van der Waals surface area contributed by atoms with Crippen molar-refractivity contribution in [1.82, 2.24) is 14.5 Å². The SMILES string of the molecule is Cc1c(Br)ccc2c3oc([C@@H]4CCCN(C(=O)O)C4)nc3c(=O)n(C3CC3)c12. The van der Waals surface area contributed by atoms with Crippen LogP contribution in [-0.4, -0.2) is 38.7 Å². The molecule has 1 saturated carbocycles. The van der Waals surface area contributed by atoms with Crippen molar-refractivity contribution >= 4 is 44.0 Å². The first-order valence-corrected chi connectivity index (χ1v) is 10.4. The number of carboxylic acid groups (broad SMARTS) is 1. The van der Waals surface area contributed by atoms with Gasteiger partial charge < -0.3 is 19.0 Å². The molecule has 5 rings (SSSR count). The number of amides is 1. The summed E-state index contributed by atoms with van der Waals surface area (Å²) in [5, 5.41) is 10.2. The summed E-state index contributed by atoms with van der Waals surface area (Å²) in [7, 11) is 0. The van der Waals surface area contributed by atoms with Crippen LogP contribution in [0.4, 0.5) is 4.79 Å². The number of fused-ring (bicyclic) bond motifs is 3. The highest BCUT2D eigenvalue weighted by Crippen LogP contribution is 2.40. The van der Waals surface area contributed by atoms with E-state index in [1.54, 1.807) is 0 Å². The van der Waals surface area contributed by atoms with Gasteiger partial charge in [-0.3, -0.25) is 4.79 Å². The molecule has 28 heavy (non-hydrogen) atoms. The molecule has 2 aliphatic rings. The lowest BCUT2D eigenvalue weighted by atomic mass is 9.98. The minimum atomic E-state index is -0.928. The number of aryl methyl sites for hydroxylation is 1. The van der Waals surface area contributed by atoms with E-state index in [0.717, 1.165) is 46.6 Å². The lowest BCUT2D eigenvalue weighted by Gasteiger charge is -2.28. The second kappa shape index (κ2) is 6.34. The van der Waals surface area contributed by atoms with Gasteiger partial charge in [0.05, 0.1) is 11.4 Å². The zero-order valence-corrected chi connectivity index (χ0v) is 17.0. The molecule has 0 bridgehead atoms. The second-order valence-corrected chi connectivity index (χ2v) is 8.63. The van der Waals surface area contributed by atoms with Crippen molar-refractivity contribution in [2.24, 2.45) is 0 Å². The maximum absolute atomic E-state index is 13.3. The molecule has 3 heterocycles. The normalized spacial score (nSPS) is 20.2. The third-order valence-electron chi connectivity index (χ3n) is 5.87. The van der Waals surface area contributed by atoms with Crippen molar-refractivity contribution in [3.05, 3.63) is 38.4 Å². The summed E-state index contributed by atoms with van der Waals surface area (Å²) in [5.74, 6) is 0.339. The molecule has 2 aromatic heterocycles. The number of pyridine rings is 1. The van der Waals surface area contributed by atoms with Crippen LogP contribution in [0.15, 0.2) is 25.8 Å². The first-order valence-electron chi connectivity index (χ1n) is 9.57. The van der Waals surface area contributed by atoms with Gasteiger partial charge in [0.1, 0.15) is 0 Å². The lowest BCUT2D eigenvalue weighted by Crippen LogP contribution is -2.38. The molecule has 1 atom stereocenters. The van der Waals surface area contributed by atoms with Crippen LogP contribution >= 0.6 is 15.9 Å². The van der Waals surface area contributed by atoms with E-state index in [-0.39, 0.29) is 17.5 Å². The molecule has 0 unspecified atom stereocenters. The standard InChI is InChI=1S/C20H20BrN3O4/c1-10-14(21)7-6-13-16(10)24(12-4-5-12)19(25)15-17(13)28-18(22-15)11-3-2-8-23(9-11)20(26)27/h6-7,11-12H,2-5,8-9H2,1H3,(H,26,27)/t11-/m1/s1. The highest BCUT2D eigenvalue weighted by Gasteiger charge is 2.32. The van der Waals surface area contributed by atoms with Crippen molar-refractivity contribution < 1.29 is 14.3 Å². The Morgan fingerprint density at radius 2 is 2.11 bits per heavy atom. The van der Waals surface area contributed by atoms with Crippen molar-refractivity contribution in [2.45, 2.75) is 44.6 Å². The molecule has 0 spiro atoms. The van der Waals surface area contributed by atoms with E-state index in [0.29, 0.717) is 30.1 Å². The average Bonchev–Trinajstić information content (AvgIpc) is 3.42. The molecule has 1 amide bonds. The van der Waals surface area contributed by atoms with Gasteiger partial charge >= 0.3 is 6.09 Å². The number of carbonyl (C=O) groups is 1. The highest BCUT2D eigenvalue weighted by atomic mass is 79.9. The van der Waals surface area contributed by atoms with Gasteiger partial charge in [-0.15, -0.1) is 0 Å². The molecule has 3 aromatic rings. The van der Waals surface area contributed by atoms with Crippen LogP contribution in [0.2, 0.25) is 0 Å². The fourth-order valence-electron chi connectivity index (χ4n) is 4.26. The molecule has 1 aromatic carbocycles. The fraction of sp³-hybridized carbons (Fsp3) is 0.450. The number of piperidine rings is 1. The van der Waals surface area contributed by atoms with Gasteiger partial charge in [-0.2, -0.15) is 0 Å². The number of aromatic nitrogens is 2.